The lowest BCUT2D eigenvalue weighted by molar-refractivity contribution is -0.143. The van der Waals surface area contributed by atoms with Crippen LogP contribution in [0.5, 0.6) is 0 Å². The quantitative estimate of drug-likeness (QED) is 0.652. The van der Waals surface area contributed by atoms with Gasteiger partial charge in [-0.05, 0) is 17.7 Å². The van der Waals surface area contributed by atoms with Gasteiger partial charge in [-0.3, -0.25) is 9.59 Å². The average molecular weight is 356 g/mol. The minimum Gasteiger partial charge on any atom is -0.375 e. The van der Waals surface area contributed by atoms with Gasteiger partial charge in [0.2, 0.25) is 0 Å². The highest BCUT2D eigenvalue weighted by Crippen LogP contribution is 2.33. The van der Waals surface area contributed by atoms with Crippen LogP contribution < -0.4 is 11.1 Å². The van der Waals surface area contributed by atoms with E-state index < -0.39 is 11.5 Å². The number of rotatable bonds is 3. The molecule has 9 nitrogen and oxygen atoms in total. The van der Waals surface area contributed by atoms with Crippen molar-refractivity contribution in [3.8, 4) is 5.82 Å². The van der Waals surface area contributed by atoms with Gasteiger partial charge in [-0.15, -0.1) is 0 Å². The summed E-state index contributed by atoms with van der Waals surface area (Å²) in [6.07, 6.45) is 2.53. The SMILES string of the molecule is CN1CC[C@@](O)(c2ccnc(-n3nc(C(N)=O)c4c3CCNC4)c2)C1=O. The molecule has 1 saturated heterocycles. The molecule has 4 N–H and O–H groups in total. The second-order valence-corrected chi connectivity index (χ2v) is 6.72. The highest BCUT2D eigenvalue weighted by Gasteiger charge is 2.45. The summed E-state index contributed by atoms with van der Waals surface area (Å²) in [6, 6.07) is 3.28. The molecule has 2 aliphatic heterocycles. The topological polar surface area (TPSA) is 126 Å². The summed E-state index contributed by atoms with van der Waals surface area (Å²) < 4.78 is 1.59. The van der Waals surface area contributed by atoms with E-state index in [1.807, 2.05) is 0 Å². The third kappa shape index (κ3) is 2.39. The van der Waals surface area contributed by atoms with Crippen LogP contribution in [-0.2, 0) is 23.4 Å². The maximum atomic E-state index is 12.4. The Bertz CT molecular complexity index is 908. The summed E-state index contributed by atoms with van der Waals surface area (Å²) in [7, 11) is 1.67. The number of amides is 2. The van der Waals surface area contributed by atoms with Crippen LogP contribution >= 0.6 is 0 Å². The number of fused-ring (bicyclic) bond motifs is 1. The maximum Gasteiger partial charge on any atom is 0.269 e. The summed E-state index contributed by atoms with van der Waals surface area (Å²) in [4.78, 5) is 29.9. The molecule has 26 heavy (non-hydrogen) atoms. The third-order valence-electron chi connectivity index (χ3n) is 5.11. The zero-order valence-electron chi connectivity index (χ0n) is 14.4. The summed E-state index contributed by atoms with van der Waals surface area (Å²) in [5, 5.41) is 18.4. The van der Waals surface area contributed by atoms with Crippen molar-refractivity contribution in [2.45, 2.75) is 25.0 Å². The molecule has 0 aromatic carbocycles. The number of hydrogen-bond donors (Lipinski definition) is 3. The fourth-order valence-corrected chi connectivity index (χ4v) is 3.65. The van der Waals surface area contributed by atoms with Crippen LogP contribution in [0, 0.1) is 0 Å². The van der Waals surface area contributed by atoms with E-state index in [2.05, 4.69) is 15.4 Å². The van der Waals surface area contributed by atoms with Crippen LogP contribution in [0.2, 0.25) is 0 Å². The molecule has 2 aliphatic rings. The lowest BCUT2D eigenvalue weighted by Gasteiger charge is -2.22. The zero-order chi connectivity index (χ0) is 18.5. The largest absolute Gasteiger partial charge is 0.375 e. The molecule has 4 rings (SSSR count). The third-order valence-corrected chi connectivity index (χ3v) is 5.11. The van der Waals surface area contributed by atoms with Crippen molar-refractivity contribution in [2.24, 2.45) is 5.73 Å². The van der Waals surface area contributed by atoms with Gasteiger partial charge in [-0.1, -0.05) is 0 Å². The molecule has 1 atom stereocenters. The predicted octanol–water partition coefficient (Wildman–Crippen LogP) is -0.938. The van der Waals surface area contributed by atoms with E-state index in [-0.39, 0.29) is 11.6 Å². The molecule has 2 aromatic rings. The van der Waals surface area contributed by atoms with Gasteiger partial charge in [0.15, 0.2) is 17.1 Å². The highest BCUT2D eigenvalue weighted by molar-refractivity contribution is 5.92. The van der Waals surface area contributed by atoms with Gasteiger partial charge in [0.05, 0.1) is 5.69 Å². The highest BCUT2D eigenvalue weighted by atomic mass is 16.3. The molecule has 0 aliphatic carbocycles. The molecule has 0 bridgehead atoms. The number of likely N-dealkylation sites (N-methyl/N-ethyl adjacent to an activating group) is 1. The van der Waals surface area contributed by atoms with E-state index >= 15 is 0 Å². The average Bonchev–Trinajstić information content (AvgIpc) is 3.16. The number of aromatic nitrogens is 3. The number of carbonyl (C=O) groups excluding carboxylic acids is 2. The number of nitrogens with two attached hydrogens (primary N) is 1. The number of carbonyl (C=O) groups is 2. The van der Waals surface area contributed by atoms with Gasteiger partial charge in [-0.25, -0.2) is 9.67 Å². The standard InChI is InChI=1S/C17H20N6O3/c1-22-7-4-17(26,16(22)25)10-2-6-20-13(8-10)23-12-3-5-19-9-11(12)14(21-23)15(18)24/h2,6,8,19,26H,3-5,7,9H2,1H3,(H2,18,24)/t17-/m1/s1. The van der Waals surface area contributed by atoms with Gasteiger partial charge >= 0.3 is 0 Å². The van der Waals surface area contributed by atoms with E-state index in [9.17, 15) is 14.7 Å². The van der Waals surface area contributed by atoms with Gasteiger partial charge in [0, 0.05) is 51.3 Å². The van der Waals surface area contributed by atoms with Crippen molar-refractivity contribution < 1.29 is 14.7 Å². The first-order valence-corrected chi connectivity index (χ1v) is 8.48. The number of primary amides is 1. The molecule has 2 aromatic heterocycles. The molecule has 9 heteroatoms. The molecule has 0 spiro atoms. The van der Waals surface area contributed by atoms with E-state index in [0.717, 1.165) is 17.8 Å². The Kier molecular flexibility index (Phi) is 3.78. The maximum absolute atomic E-state index is 12.4. The zero-order valence-corrected chi connectivity index (χ0v) is 14.4. The molecule has 136 valence electrons. The van der Waals surface area contributed by atoms with Gasteiger partial charge in [-0.2, -0.15) is 5.10 Å². The van der Waals surface area contributed by atoms with Crippen LogP contribution in [0.15, 0.2) is 18.3 Å². The summed E-state index contributed by atoms with van der Waals surface area (Å²) in [5.74, 6) is -0.478. The first-order chi connectivity index (χ1) is 12.4. The Labute approximate surface area is 149 Å². The Morgan fingerprint density at radius 3 is 2.96 bits per heavy atom. The molecule has 1 fully saturated rings. The summed E-state index contributed by atoms with van der Waals surface area (Å²) >= 11 is 0. The van der Waals surface area contributed by atoms with Crippen LogP contribution in [-0.4, -0.2) is 56.7 Å². The minimum absolute atomic E-state index is 0.217. The van der Waals surface area contributed by atoms with Crippen molar-refractivity contribution >= 4 is 11.8 Å². The van der Waals surface area contributed by atoms with Crippen LogP contribution in [0.1, 0.15) is 33.7 Å². The van der Waals surface area contributed by atoms with Crippen LogP contribution in [0.25, 0.3) is 5.82 Å². The van der Waals surface area contributed by atoms with Gasteiger partial charge < -0.3 is 21.1 Å². The van der Waals surface area contributed by atoms with Crippen molar-refractivity contribution in [2.75, 3.05) is 20.1 Å². The van der Waals surface area contributed by atoms with Crippen molar-refractivity contribution in [3.05, 3.63) is 40.8 Å². The van der Waals surface area contributed by atoms with Crippen molar-refractivity contribution in [3.63, 3.8) is 0 Å². The molecule has 0 unspecified atom stereocenters. The molecular weight excluding hydrogens is 336 g/mol. The Balaban J connectivity index is 1.81. The van der Waals surface area contributed by atoms with Crippen molar-refractivity contribution in [1.29, 1.82) is 0 Å². The smallest absolute Gasteiger partial charge is 0.269 e. The fourth-order valence-electron chi connectivity index (χ4n) is 3.65. The molecule has 2 amide bonds. The summed E-state index contributed by atoms with van der Waals surface area (Å²) in [5.41, 5.74) is 6.22. The van der Waals surface area contributed by atoms with Crippen molar-refractivity contribution in [1.82, 2.24) is 25.0 Å². The molecule has 0 radical (unpaired) electrons. The lowest BCUT2D eigenvalue weighted by Crippen LogP contribution is -2.36. The minimum atomic E-state index is -1.56. The number of nitrogens with one attached hydrogen (secondary N) is 1. The Morgan fingerprint density at radius 2 is 2.27 bits per heavy atom. The molecule has 4 heterocycles. The molecule has 0 saturated carbocycles. The Hall–Kier alpha value is -2.78. The van der Waals surface area contributed by atoms with Gasteiger partial charge in [0.1, 0.15) is 0 Å². The summed E-state index contributed by atoms with van der Waals surface area (Å²) in [6.45, 7) is 1.76. The molecular formula is C17H20N6O3. The predicted molar refractivity (Wildman–Crippen MR) is 91.4 cm³/mol. The second-order valence-electron chi connectivity index (χ2n) is 6.72. The first kappa shape index (κ1) is 16.7. The van der Waals surface area contributed by atoms with Gasteiger partial charge in [0.25, 0.3) is 11.8 Å². The number of hydrogen-bond acceptors (Lipinski definition) is 6. The Morgan fingerprint density at radius 1 is 1.46 bits per heavy atom. The normalized spacial score (nSPS) is 22.5. The monoisotopic (exact) mass is 356 g/mol. The van der Waals surface area contributed by atoms with Crippen LogP contribution in [0.3, 0.4) is 0 Å². The fraction of sp³-hybridized carbons (Fsp3) is 0.412. The van der Waals surface area contributed by atoms with Crippen LogP contribution in [0.4, 0.5) is 0 Å². The lowest BCUT2D eigenvalue weighted by atomic mass is 9.93. The number of nitrogens with zero attached hydrogens (tertiary/aromatic N) is 4. The number of aliphatic hydroxyl groups is 1. The number of likely N-dealkylation sites (tertiary alicyclic amines) is 1. The van der Waals surface area contributed by atoms with E-state index in [4.69, 9.17) is 5.73 Å². The van der Waals surface area contributed by atoms with E-state index in [0.29, 0.717) is 37.3 Å². The van der Waals surface area contributed by atoms with E-state index in [1.54, 1.807) is 23.9 Å². The second kappa shape index (κ2) is 5.89. The first-order valence-electron chi connectivity index (χ1n) is 8.48. The number of pyridine rings is 1. The van der Waals surface area contributed by atoms with E-state index in [1.165, 1.54) is 11.1 Å².